The highest BCUT2D eigenvalue weighted by Crippen LogP contribution is 2.41. The van der Waals surface area contributed by atoms with Crippen LogP contribution in [0.15, 0.2) is 99.9 Å². The highest BCUT2D eigenvalue weighted by Gasteiger charge is 2.16. The van der Waals surface area contributed by atoms with Crippen LogP contribution in [0.3, 0.4) is 0 Å². The molecule has 1 nitrogen and oxygen atoms in total. The largest absolute Gasteiger partial charge is 0.455 e. The normalized spacial score (nSPS) is 11.3. The van der Waals surface area contributed by atoms with Crippen LogP contribution >= 0.6 is 15.9 Å². The lowest BCUT2D eigenvalue weighted by molar-refractivity contribution is 0.671. The van der Waals surface area contributed by atoms with Crippen molar-refractivity contribution in [2.45, 2.75) is 0 Å². The van der Waals surface area contributed by atoms with Crippen molar-refractivity contribution < 1.29 is 4.42 Å². The Hall–Kier alpha value is -2.84. The molecule has 0 aliphatic heterocycles. The summed E-state index contributed by atoms with van der Waals surface area (Å²) in [5.74, 6) is 0. The van der Waals surface area contributed by atoms with Crippen molar-refractivity contribution in [1.82, 2.24) is 0 Å². The Bertz CT molecular complexity index is 1220. The molecule has 0 aliphatic carbocycles. The minimum atomic E-state index is 0.929. The van der Waals surface area contributed by atoms with Gasteiger partial charge in [0.1, 0.15) is 11.2 Å². The molecule has 0 atom stereocenters. The van der Waals surface area contributed by atoms with Crippen LogP contribution in [0, 0.1) is 0 Å². The predicted molar refractivity (Wildman–Crippen MR) is 112 cm³/mol. The number of halogens is 1. The Balaban J connectivity index is 1.88. The van der Waals surface area contributed by atoms with Crippen LogP contribution in [0.4, 0.5) is 0 Å². The number of para-hydroxylation sites is 1. The molecule has 0 N–H and O–H groups in total. The molecule has 0 unspecified atom stereocenters. The third-order valence-corrected chi connectivity index (χ3v) is 5.19. The molecule has 0 bridgehead atoms. The van der Waals surface area contributed by atoms with E-state index in [1.807, 2.05) is 12.1 Å². The van der Waals surface area contributed by atoms with Crippen molar-refractivity contribution in [2.75, 3.05) is 0 Å². The van der Waals surface area contributed by atoms with E-state index >= 15 is 0 Å². The summed E-state index contributed by atoms with van der Waals surface area (Å²) in [6.07, 6.45) is 0. The Morgan fingerprint density at radius 1 is 0.538 bits per heavy atom. The lowest BCUT2D eigenvalue weighted by Crippen LogP contribution is -1.79. The topological polar surface area (TPSA) is 13.1 Å². The number of hydrogen-bond acceptors (Lipinski definition) is 1. The van der Waals surface area contributed by atoms with E-state index in [-0.39, 0.29) is 0 Å². The van der Waals surface area contributed by atoms with Gasteiger partial charge in [0, 0.05) is 26.4 Å². The second-order valence-corrected chi connectivity index (χ2v) is 7.26. The molecule has 0 fully saturated rings. The summed E-state index contributed by atoms with van der Waals surface area (Å²) in [6, 6.07) is 31.4. The van der Waals surface area contributed by atoms with Gasteiger partial charge in [0.15, 0.2) is 0 Å². The van der Waals surface area contributed by atoms with E-state index in [1.165, 1.54) is 0 Å². The molecule has 2 heteroatoms. The maximum absolute atomic E-state index is 6.46. The minimum Gasteiger partial charge on any atom is -0.455 e. The van der Waals surface area contributed by atoms with E-state index in [2.05, 4.69) is 94.8 Å². The lowest BCUT2D eigenvalue weighted by atomic mass is 10.0. The predicted octanol–water partition coefficient (Wildman–Crippen LogP) is 7.68. The molecule has 5 rings (SSSR count). The van der Waals surface area contributed by atoms with Crippen molar-refractivity contribution in [3.05, 3.63) is 95.5 Å². The first-order valence-corrected chi connectivity index (χ1v) is 9.36. The molecule has 0 spiro atoms. The first-order valence-electron chi connectivity index (χ1n) is 8.57. The molecule has 5 aromatic rings. The van der Waals surface area contributed by atoms with Gasteiger partial charge in [-0.3, -0.25) is 0 Å². The zero-order valence-corrected chi connectivity index (χ0v) is 15.5. The van der Waals surface area contributed by atoms with Gasteiger partial charge >= 0.3 is 0 Å². The fourth-order valence-electron chi connectivity index (χ4n) is 3.54. The lowest BCUT2D eigenvalue weighted by Gasteiger charge is -2.03. The Morgan fingerprint density at radius 3 is 1.85 bits per heavy atom. The summed E-state index contributed by atoms with van der Waals surface area (Å²) in [5, 5.41) is 2.27. The smallest absolute Gasteiger partial charge is 0.143 e. The summed E-state index contributed by atoms with van der Waals surface area (Å²) < 4.78 is 7.51. The van der Waals surface area contributed by atoms with Gasteiger partial charge in [0.25, 0.3) is 0 Å². The van der Waals surface area contributed by atoms with Crippen LogP contribution in [-0.4, -0.2) is 0 Å². The molecule has 1 aromatic heterocycles. The quantitative estimate of drug-likeness (QED) is 0.297. The van der Waals surface area contributed by atoms with Gasteiger partial charge in [-0.1, -0.05) is 94.8 Å². The van der Waals surface area contributed by atoms with E-state index in [0.717, 1.165) is 48.7 Å². The number of furan rings is 1. The van der Waals surface area contributed by atoms with Gasteiger partial charge in [-0.15, -0.1) is 0 Å². The number of fused-ring (bicyclic) bond motifs is 3. The zero-order valence-electron chi connectivity index (χ0n) is 13.9. The van der Waals surface area contributed by atoms with E-state index in [0.29, 0.717) is 0 Å². The number of hydrogen-bond donors (Lipinski definition) is 0. The average molecular weight is 399 g/mol. The van der Waals surface area contributed by atoms with Gasteiger partial charge in [0.05, 0.1) is 0 Å². The Morgan fingerprint density at radius 2 is 1.15 bits per heavy atom. The Kier molecular flexibility index (Phi) is 3.65. The monoisotopic (exact) mass is 398 g/mol. The second kappa shape index (κ2) is 6.15. The SMILES string of the molecule is Brc1cc(-c2ccccc2)c2oc3c(-c4ccccc4)cccc3c2c1. The third kappa shape index (κ3) is 2.46. The standard InChI is InChI=1S/C24H15BrO/c25-18-14-21(17-10-5-2-6-11-17)24-22(15-18)20-13-7-12-19(23(20)26-24)16-8-3-1-4-9-16/h1-15H. The van der Waals surface area contributed by atoms with Gasteiger partial charge in [-0.2, -0.15) is 0 Å². The molecule has 0 saturated heterocycles. The van der Waals surface area contributed by atoms with E-state index in [1.54, 1.807) is 0 Å². The second-order valence-electron chi connectivity index (χ2n) is 6.35. The minimum absolute atomic E-state index is 0.929. The average Bonchev–Trinajstić information content (AvgIpc) is 3.07. The van der Waals surface area contributed by atoms with Crippen LogP contribution in [0.25, 0.3) is 44.2 Å². The van der Waals surface area contributed by atoms with E-state index < -0.39 is 0 Å². The highest BCUT2D eigenvalue weighted by atomic mass is 79.9. The maximum Gasteiger partial charge on any atom is 0.143 e. The van der Waals surface area contributed by atoms with Gasteiger partial charge in [-0.05, 0) is 23.3 Å². The molecule has 4 aromatic carbocycles. The molecule has 124 valence electrons. The molecule has 0 amide bonds. The van der Waals surface area contributed by atoms with Crippen LogP contribution in [-0.2, 0) is 0 Å². The molecule has 0 radical (unpaired) electrons. The highest BCUT2D eigenvalue weighted by molar-refractivity contribution is 9.10. The molecular weight excluding hydrogens is 384 g/mol. The first kappa shape index (κ1) is 15.4. The zero-order chi connectivity index (χ0) is 17.5. The first-order chi connectivity index (χ1) is 12.8. The number of rotatable bonds is 2. The molecular formula is C24H15BrO. The molecule has 0 saturated carbocycles. The Labute approximate surface area is 160 Å². The van der Waals surface area contributed by atoms with Crippen molar-refractivity contribution >= 4 is 37.9 Å². The van der Waals surface area contributed by atoms with Crippen molar-refractivity contribution in [1.29, 1.82) is 0 Å². The van der Waals surface area contributed by atoms with Crippen LogP contribution < -0.4 is 0 Å². The molecule has 0 aliphatic rings. The van der Waals surface area contributed by atoms with E-state index in [9.17, 15) is 0 Å². The summed E-state index contributed by atoms with van der Waals surface area (Å²) >= 11 is 3.67. The summed E-state index contributed by atoms with van der Waals surface area (Å²) in [7, 11) is 0. The van der Waals surface area contributed by atoms with Crippen molar-refractivity contribution in [3.63, 3.8) is 0 Å². The van der Waals surface area contributed by atoms with Crippen molar-refractivity contribution in [3.8, 4) is 22.3 Å². The molecule has 1 heterocycles. The van der Waals surface area contributed by atoms with Gasteiger partial charge in [-0.25, -0.2) is 0 Å². The van der Waals surface area contributed by atoms with E-state index in [4.69, 9.17) is 4.42 Å². The number of benzene rings is 4. The summed E-state index contributed by atoms with van der Waals surface area (Å²) in [4.78, 5) is 0. The van der Waals surface area contributed by atoms with Crippen LogP contribution in [0.5, 0.6) is 0 Å². The third-order valence-electron chi connectivity index (χ3n) is 4.73. The maximum atomic E-state index is 6.46. The van der Waals surface area contributed by atoms with Gasteiger partial charge < -0.3 is 4.42 Å². The summed E-state index contributed by atoms with van der Waals surface area (Å²) in [5.41, 5.74) is 6.40. The van der Waals surface area contributed by atoms with Crippen LogP contribution in [0.1, 0.15) is 0 Å². The summed E-state index contributed by atoms with van der Waals surface area (Å²) in [6.45, 7) is 0. The van der Waals surface area contributed by atoms with Crippen molar-refractivity contribution in [2.24, 2.45) is 0 Å². The fourth-order valence-corrected chi connectivity index (χ4v) is 4.00. The fraction of sp³-hybridized carbons (Fsp3) is 0. The molecule has 26 heavy (non-hydrogen) atoms. The van der Waals surface area contributed by atoms with Gasteiger partial charge in [0.2, 0.25) is 0 Å². The van der Waals surface area contributed by atoms with Crippen LogP contribution in [0.2, 0.25) is 0 Å².